The second-order valence-electron chi connectivity index (χ2n) is 8.11. The van der Waals surface area contributed by atoms with Crippen molar-refractivity contribution in [1.29, 1.82) is 0 Å². The Kier molecular flexibility index (Phi) is 5.51. The van der Waals surface area contributed by atoms with Crippen LogP contribution in [0.15, 0.2) is 0 Å². The molecule has 0 aromatic rings. The van der Waals surface area contributed by atoms with Gasteiger partial charge in [0.1, 0.15) is 11.4 Å². The summed E-state index contributed by atoms with van der Waals surface area (Å²) in [6, 6.07) is 0.0201. The van der Waals surface area contributed by atoms with Gasteiger partial charge in [-0.3, -0.25) is 4.79 Å². The Labute approximate surface area is 134 Å². The van der Waals surface area contributed by atoms with E-state index in [0.29, 0.717) is 24.7 Å². The third-order valence-corrected chi connectivity index (χ3v) is 4.85. The van der Waals surface area contributed by atoms with Crippen LogP contribution in [0.25, 0.3) is 0 Å². The van der Waals surface area contributed by atoms with Crippen LogP contribution in [0.3, 0.4) is 0 Å². The van der Waals surface area contributed by atoms with E-state index in [1.807, 2.05) is 20.8 Å². The molecule has 4 nitrogen and oxygen atoms in total. The third kappa shape index (κ3) is 4.72. The molecule has 126 valence electrons. The van der Waals surface area contributed by atoms with Crippen LogP contribution in [0.1, 0.15) is 72.6 Å². The summed E-state index contributed by atoms with van der Waals surface area (Å²) in [6.07, 6.45) is 6.57. The van der Waals surface area contributed by atoms with Crippen LogP contribution in [0.2, 0.25) is 0 Å². The summed E-state index contributed by atoms with van der Waals surface area (Å²) in [6.45, 7) is 8.57. The number of carbonyl (C=O) groups is 2. The van der Waals surface area contributed by atoms with Crippen LogP contribution in [0, 0.1) is 11.8 Å². The van der Waals surface area contributed by atoms with Crippen molar-refractivity contribution in [1.82, 2.24) is 4.90 Å². The summed E-state index contributed by atoms with van der Waals surface area (Å²) in [5.74, 6) is 1.16. The molecule has 1 heterocycles. The summed E-state index contributed by atoms with van der Waals surface area (Å²) < 4.78 is 5.53. The van der Waals surface area contributed by atoms with E-state index in [2.05, 4.69) is 6.92 Å². The highest BCUT2D eigenvalue weighted by molar-refractivity contribution is 5.82. The zero-order valence-corrected chi connectivity index (χ0v) is 14.6. The van der Waals surface area contributed by atoms with Crippen LogP contribution in [-0.2, 0) is 9.53 Å². The molecular weight excluding hydrogens is 278 g/mol. The number of rotatable bonds is 3. The molecule has 1 aliphatic carbocycles. The van der Waals surface area contributed by atoms with Gasteiger partial charge in [-0.2, -0.15) is 0 Å². The highest BCUT2D eigenvalue weighted by Crippen LogP contribution is 2.31. The normalized spacial score (nSPS) is 27.0. The Balaban J connectivity index is 1.99. The molecule has 2 atom stereocenters. The van der Waals surface area contributed by atoms with Gasteiger partial charge in [-0.25, -0.2) is 4.79 Å². The van der Waals surface area contributed by atoms with Crippen molar-refractivity contribution >= 4 is 11.9 Å². The molecule has 1 saturated heterocycles. The van der Waals surface area contributed by atoms with Gasteiger partial charge in [0.15, 0.2) is 0 Å². The number of piperidine rings is 1. The minimum atomic E-state index is -0.486. The van der Waals surface area contributed by atoms with E-state index in [0.717, 1.165) is 25.7 Å². The second kappa shape index (κ2) is 7.01. The van der Waals surface area contributed by atoms with Crippen molar-refractivity contribution in [3.05, 3.63) is 0 Å². The van der Waals surface area contributed by atoms with E-state index in [-0.39, 0.29) is 18.1 Å². The third-order valence-electron chi connectivity index (χ3n) is 4.85. The van der Waals surface area contributed by atoms with Gasteiger partial charge >= 0.3 is 6.09 Å². The van der Waals surface area contributed by atoms with Gasteiger partial charge in [0.2, 0.25) is 0 Å². The summed E-state index contributed by atoms with van der Waals surface area (Å²) in [5.41, 5.74) is -0.486. The maximum Gasteiger partial charge on any atom is 0.410 e. The first-order valence-electron chi connectivity index (χ1n) is 8.78. The number of amides is 1. The molecular formula is C18H31NO3. The molecule has 1 saturated carbocycles. The summed E-state index contributed by atoms with van der Waals surface area (Å²) in [7, 11) is 0. The number of likely N-dealkylation sites (tertiary alicyclic amines) is 1. The minimum absolute atomic E-state index is 0.0201. The maximum atomic E-state index is 12.5. The van der Waals surface area contributed by atoms with Crippen molar-refractivity contribution in [2.24, 2.45) is 11.8 Å². The largest absolute Gasteiger partial charge is 0.444 e. The van der Waals surface area contributed by atoms with Gasteiger partial charge in [-0.05, 0) is 52.4 Å². The van der Waals surface area contributed by atoms with Gasteiger partial charge in [0.05, 0.1) is 0 Å². The first kappa shape index (κ1) is 17.3. The summed E-state index contributed by atoms with van der Waals surface area (Å²) in [4.78, 5) is 26.7. The molecule has 0 aromatic carbocycles. The highest BCUT2D eigenvalue weighted by atomic mass is 16.6. The van der Waals surface area contributed by atoms with E-state index >= 15 is 0 Å². The molecule has 1 amide bonds. The van der Waals surface area contributed by atoms with Gasteiger partial charge in [0.25, 0.3) is 0 Å². The lowest BCUT2D eigenvalue weighted by Gasteiger charge is -2.39. The Morgan fingerprint density at radius 3 is 2.36 bits per heavy atom. The average molecular weight is 309 g/mol. The Hall–Kier alpha value is -1.06. The monoisotopic (exact) mass is 309 g/mol. The molecule has 2 rings (SSSR count). The van der Waals surface area contributed by atoms with E-state index in [1.54, 1.807) is 4.90 Å². The van der Waals surface area contributed by atoms with Crippen LogP contribution < -0.4 is 0 Å². The molecule has 0 N–H and O–H groups in total. The summed E-state index contributed by atoms with van der Waals surface area (Å²) in [5, 5.41) is 0. The fourth-order valence-corrected chi connectivity index (χ4v) is 3.65. The Morgan fingerprint density at radius 2 is 1.77 bits per heavy atom. The van der Waals surface area contributed by atoms with E-state index in [9.17, 15) is 9.59 Å². The topological polar surface area (TPSA) is 46.6 Å². The molecule has 2 unspecified atom stereocenters. The van der Waals surface area contributed by atoms with Crippen LogP contribution >= 0.6 is 0 Å². The number of hydrogen-bond acceptors (Lipinski definition) is 3. The van der Waals surface area contributed by atoms with Crippen molar-refractivity contribution in [3.63, 3.8) is 0 Å². The molecule has 0 spiro atoms. The maximum absolute atomic E-state index is 12.5. The SMILES string of the molecule is CC1CCN(C(=O)OC(C)(C)C)C(CC(=O)C2CCCC2)C1. The zero-order valence-electron chi connectivity index (χ0n) is 14.6. The number of carbonyl (C=O) groups excluding carboxylic acids is 2. The van der Waals surface area contributed by atoms with Gasteiger partial charge in [-0.1, -0.05) is 19.8 Å². The molecule has 1 aliphatic heterocycles. The predicted octanol–water partition coefficient (Wildman–Crippen LogP) is 4.17. The van der Waals surface area contributed by atoms with Crippen LogP contribution in [0.4, 0.5) is 4.79 Å². The number of nitrogens with zero attached hydrogens (tertiary/aromatic N) is 1. The second-order valence-corrected chi connectivity index (χ2v) is 8.11. The van der Waals surface area contributed by atoms with E-state index in [4.69, 9.17) is 4.74 Å². The lowest BCUT2D eigenvalue weighted by molar-refractivity contribution is -0.124. The first-order valence-corrected chi connectivity index (χ1v) is 8.78. The van der Waals surface area contributed by atoms with Crippen molar-refractivity contribution in [2.45, 2.75) is 84.3 Å². The number of ketones is 1. The Bertz CT molecular complexity index is 407. The molecule has 2 fully saturated rings. The number of hydrogen-bond donors (Lipinski definition) is 0. The Morgan fingerprint density at radius 1 is 1.14 bits per heavy atom. The fraction of sp³-hybridized carbons (Fsp3) is 0.889. The molecule has 22 heavy (non-hydrogen) atoms. The standard InChI is InChI=1S/C18H31NO3/c1-13-9-10-19(17(21)22-18(2,3)4)15(11-13)12-16(20)14-7-5-6-8-14/h13-15H,5-12H2,1-4H3. The van der Waals surface area contributed by atoms with Crippen molar-refractivity contribution < 1.29 is 14.3 Å². The van der Waals surface area contributed by atoms with Crippen LogP contribution in [-0.4, -0.2) is 35.0 Å². The molecule has 0 radical (unpaired) electrons. The average Bonchev–Trinajstić information content (AvgIpc) is 2.90. The predicted molar refractivity (Wildman–Crippen MR) is 86.7 cm³/mol. The summed E-state index contributed by atoms with van der Waals surface area (Å²) >= 11 is 0. The zero-order chi connectivity index (χ0) is 16.3. The number of ether oxygens (including phenoxy) is 1. The lowest BCUT2D eigenvalue weighted by Crippen LogP contribution is -2.48. The molecule has 2 aliphatic rings. The lowest BCUT2D eigenvalue weighted by atomic mass is 9.87. The van der Waals surface area contributed by atoms with Crippen molar-refractivity contribution in [2.75, 3.05) is 6.54 Å². The first-order chi connectivity index (χ1) is 10.3. The quantitative estimate of drug-likeness (QED) is 0.786. The molecule has 0 aromatic heterocycles. The minimum Gasteiger partial charge on any atom is -0.444 e. The fourth-order valence-electron chi connectivity index (χ4n) is 3.65. The van der Waals surface area contributed by atoms with Gasteiger partial charge < -0.3 is 9.64 Å². The smallest absolute Gasteiger partial charge is 0.410 e. The van der Waals surface area contributed by atoms with Gasteiger partial charge in [0, 0.05) is 24.9 Å². The van der Waals surface area contributed by atoms with E-state index in [1.165, 1.54) is 12.8 Å². The number of Topliss-reactive ketones (excluding diaryl/α,β-unsaturated/α-hetero) is 1. The van der Waals surface area contributed by atoms with E-state index < -0.39 is 5.60 Å². The molecule has 4 heteroatoms. The van der Waals surface area contributed by atoms with Crippen LogP contribution in [0.5, 0.6) is 0 Å². The van der Waals surface area contributed by atoms with Crippen molar-refractivity contribution in [3.8, 4) is 0 Å². The van der Waals surface area contributed by atoms with Gasteiger partial charge in [-0.15, -0.1) is 0 Å². The highest BCUT2D eigenvalue weighted by Gasteiger charge is 2.35. The molecule has 0 bridgehead atoms.